The van der Waals surface area contributed by atoms with Crippen molar-refractivity contribution < 1.29 is 19.4 Å². The van der Waals surface area contributed by atoms with Crippen LogP contribution in [0, 0.1) is 23.7 Å². The van der Waals surface area contributed by atoms with Crippen LogP contribution in [0.3, 0.4) is 0 Å². The van der Waals surface area contributed by atoms with Gasteiger partial charge in [0.2, 0.25) is 0 Å². The van der Waals surface area contributed by atoms with E-state index in [1.165, 1.54) is 5.01 Å². The Balaban J connectivity index is 3.08. The van der Waals surface area contributed by atoms with Crippen LogP contribution in [-0.2, 0) is 9.53 Å². The molecule has 1 unspecified atom stereocenters. The number of esters is 1. The fraction of sp³-hybridized carbons (Fsp3) is 0.615. The third kappa shape index (κ3) is 11.3. The van der Waals surface area contributed by atoms with Crippen LogP contribution in [0.2, 0.25) is 0 Å². The third-order valence-corrected chi connectivity index (χ3v) is 4.88. The quantitative estimate of drug-likeness (QED) is 0.311. The number of allylic oxidation sites excluding steroid dienone is 1. The monoisotopic (exact) mass is 446 g/mol. The molecule has 1 aromatic carbocycles. The van der Waals surface area contributed by atoms with Crippen molar-refractivity contribution >= 4 is 18.1 Å². The Bertz CT molecular complexity index is 723. The highest BCUT2D eigenvalue weighted by Gasteiger charge is 2.32. The molecule has 0 aliphatic heterocycles. The van der Waals surface area contributed by atoms with Gasteiger partial charge >= 0.3 is 12.1 Å². The highest BCUT2D eigenvalue weighted by molar-refractivity contribution is 5.73. The Hall–Kier alpha value is -2.34. The fourth-order valence-corrected chi connectivity index (χ4v) is 3.57. The lowest BCUT2D eigenvalue weighted by molar-refractivity contribution is -0.162. The van der Waals surface area contributed by atoms with E-state index in [2.05, 4.69) is 19.3 Å². The highest BCUT2D eigenvalue weighted by atomic mass is 16.6. The second-order valence-electron chi connectivity index (χ2n) is 10.2. The van der Waals surface area contributed by atoms with E-state index >= 15 is 0 Å². The first-order valence-electron chi connectivity index (χ1n) is 11.6. The highest BCUT2D eigenvalue weighted by Crippen LogP contribution is 2.27. The summed E-state index contributed by atoms with van der Waals surface area (Å²) in [5.74, 6) is -0.141. The number of carbonyl (C=O) groups excluding carboxylic acids is 1. The second kappa shape index (κ2) is 13.3. The molecule has 1 rings (SSSR count). The molecule has 32 heavy (non-hydrogen) atoms. The molecule has 2 N–H and O–H groups in total. The minimum absolute atomic E-state index is 0.0701. The van der Waals surface area contributed by atoms with Gasteiger partial charge < -0.3 is 9.84 Å². The topological polar surface area (TPSA) is 78.9 Å². The maximum atomic E-state index is 13.2. The van der Waals surface area contributed by atoms with Crippen LogP contribution in [-0.4, -0.2) is 40.9 Å². The minimum atomic E-state index is -1.01. The van der Waals surface area contributed by atoms with Gasteiger partial charge in [-0.15, -0.1) is 0 Å². The standard InChI is InChI=1S/C26H42N2O4/c1-19(2)16-22(17-27-28(25(30)31)18-20(3)4)23(24(29)32-26(5,6)7)15-11-14-21-12-9-8-10-13-21/h8-14,19-20,22-23,27H,15-18H2,1-7H3,(H,30,31)/b14-11+/t22-,23?/m0/s1. The Morgan fingerprint density at radius 1 is 1.09 bits per heavy atom. The maximum absolute atomic E-state index is 13.2. The zero-order valence-corrected chi connectivity index (χ0v) is 20.8. The molecule has 0 spiro atoms. The van der Waals surface area contributed by atoms with E-state index in [1.807, 2.05) is 77.1 Å². The minimum Gasteiger partial charge on any atom is -0.464 e. The molecule has 6 nitrogen and oxygen atoms in total. The van der Waals surface area contributed by atoms with Crippen LogP contribution in [0.25, 0.3) is 6.08 Å². The van der Waals surface area contributed by atoms with Gasteiger partial charge in [-0.1, -0.05) is 70.2 Å². The Morgan fingerprint density at radius 3 is 2.22 bits per heavy atom. The van der Waals surface area contributed by atoms with Crippen molar-refractivity contribution in [3.8, 4) is 0 Å². The normalized spacial score (nSPS) is 14.0. The molecule has 2 atom stereocenters. The maximum Gasteiger partial charge on any atom is 0.421 e. The summed E-state index contributed by atoms with van der Waals surface area (Å²) in [5, 5.41) is 10.8. The van der Waals surface area contributed by atoms with Crippen molar-refractivity contribution in [3.63, 3.8) is 0 Å². The Labute approximate surface area is 194 Å². The molecule has 0 aliphatic carbocycles. The average Bonchev–Trinajstić information content (AvgIpc) is 2.66. The van der Waals surface area contributed by atoms with Crippen molar-refractivity contribution in [1.29, 1.82) is 0 Å². The molecule has 0 aromatic heterocycles. The summed E-state index contributed by atoms with van der Waals surface area (Å²) in [4.78, 5) is 24.8. The number of hydrazine groups is 1. The number of carbonyl (C=O) groups is 2. The first-order chi connectivity index (χ1) is 14.9. The lowest BCUT2D eigenvalue weighted by atomic mass is 9.83. The van der Waals surface area contributed by atoms with Gasteiger partial charge in [0, 0.05) is 13.1 Å². The number of benzene rings is 1. The Kier molecular flexibility index (Phi) is 11.5. The molecule has 0 fully saturated rings. The molecule has 0 saturated carbocycles. The van der Waals surface area contributed by atoms with E-state index in [-0.39, 0.29) is 23.7 Å². The lowest BCUT2D eigenvalue weighted by Crippen LogP contribution is -2.48. The smallest absolute Gasteiger partial charge is 0.421 e. The van der Waals surface area contributed by atoms with Gasteiger partial charge in [-0.25, -0.2) is 15.2 Å². The molecule has 180 valence electrons. The van der Waals surface area contributed by atoms with Gasteiger partial charge in [0.1, 0.15) is 5.60 Å². The second-order valence-corrected chi connectivity index (χ2v) is 10.2. The summed E-state index contributed by atoms with van der Waals surface area (Å²) in [6, 6.07) is 9.96. The first-order valence-corrected chi connectivity index (χ1v) is 11.6. The predicted octanol–water partition coefficient (Wildman–Crippen LogP) is 5.85. The largest absolute Gasteiger partial charge is 0.464 e. The molecule has 1 aromatic rings. The number of hydrogen-bond acceptors (Lipinski definition) is 4. The number of carboxylic acid groups (broad SMARTS) is 1. The van der Waals surface area contributed by atoms with Crippen molar-refractivity contribution in [1.82, 2.24) is 10.4 Å². The number of nitrogens with zero attached hydrogens (tertiary/aromatic N) is 1. The van der Waals surface area contributed by atoms with Crippen molar-refractivity contribution in [2.45, 2.75) is 66.9 Å². The predicted molar refractivity (Wildman–Crippen MR) is 130 cm³/mol. The number of amides is 1. The van der Waals surface area contributed by atoms with E-state index in [4.69, 9.17) is 4.74 Å². The van der Waals surface area contributed by atoms with Crippen LogP contribution in [0.5, 0.6) is 0 Å². The van der Waals surface area contributed by atoms with Crippen LogP contribution in [0.15, 0.2) is 36.4 Å². The van der Waals surface area contributed by atoms with E-state index < -0.39 is 11.7 Å². The van der Waals surface area contributed by atoms with Gasteiger partial charge in [0.05, 0.1) is 5.92 Å². The molecule has 0 bridgehead atoms. The van der Waals surface area contributed by atoms with Crippen molar-refractivity contribution in [2.75, 3.05) is 13.1 Å². The van der Waals surface area contributed by atoms with Crippen LogP contribution >= 0.6 is 0 Å². The van der Waals surface area contributed by atoms with Crippen molar-refractivity contribution in [2.24, 2.45) is 23.7 Å². The van der Waals surface area contributed by atoms with E-state index in [9.17, 15) is 14.7 Å². The summed E-state index contributed by atoms with van der Waals surface area (Å²) >= 11 is 0. The third-order valence-electron chi connectivity index (χ3n) is 4.88. The number of hydrogen-bond donors (Lipinski definition) is 2. The summed E-state index contributed by atoms with van der Waals surface area (Å²) in [7, 11) is 0. The molecule has 0 heterocycles. The molecular formula is C26H42N2O4. The molecule has 6 heteroatoms. The van der Waals surface area contributed by atoms with Gasteiger partial charge in [-0.05, 0) is 56.9 Å². The van der Waals surface area contributed by atoms with Gasteiger partial charge in [-0.2, -0.15) is 0 Å². The average molecular weight is 447 g/mol. The number of nitrogens with one attached hydrogen (secondary N) is 1. The number of ether oxygens (including phenoxy) is 1. The summed E-state index contributed by atoms with van der Waals surface area (Å²) in [5.41, 5.74) is 3.55. The molecule has 0 saturated heterocycles. The molecule has 1 amide bonds. The van der Waals surface area contributed by atoms with Crippen molar-refractivity contribution in [3.05, 3.63) is 42.0 Å². The molecule has 0 radical (unpaired) electrons. The van der Waals surface area contributed by atoms with Gasteiger partial charge in [-0.3, -0.25) is 4.79 Å². The molecular weight excluding hydrogens is 404 g/mol. The van der Waals surface area contributed by atoms with Crippen LogP contribution < -0.4 is 5.43 Å². The zero-order valence-electron chi connectivity index (χ0n) is 20.8. The summed E-state index contributed by atoms with van der Waals surface area (Å²) in [6.45, 7) is 14.5. The summed E-state index contributed by atoms with van der Waals surface area (Å²) < 4.78 is 5.75. The van der Waals surface area contributed by atoms with E-state index in [0.29, 0.717) is 25.4 Å². The van der Waals surface area contributed by atoms with Crippen LogP contribution in [0.1, 0.15) is 66.9 Å². The SMILES string of the molecule is CC(C)C[C@@H](CNN(CC(C)C)C(=O)O)C(C/C=C/c1ccccc1)C(=O)OC(C)(C)C. The fourth-order valence-electron chi connectivity index (χ4n) is 3.57. The zero-order chi connectivity index (χ0) is 24.3. The van der Waals surface area contributed by atoms with Gasteiger partial charge in [0.25, 0.3) is 0 Å². The van der Waals surface area contributed by atoms with Crippen LogP contribution in [0.4, 0.5) is 4.79 Å². The molecule has 0 aliphatic rings. The van der Waals surface area contributed by atoms with Gasteiger partial charge in [0.15, 0.2) is 0 Å². The van der Waals surface area contributed by atoms with E-state index in [0.717, 1.165) is 12.0 Å². The van der Waals surface area contributed by atoms with E-state index in [1.54, 1.807) is 0 Å². The lowest BCUT2D eigenvalue weighted by Gasteiger charge is -2.32. The summed E-state index contributed by atoms with van der Waals surface area (Å²) in [6.07, 6.45) is 4.32. The number of rotatable bonds is 12. The Morgan fingerprint density at radius 2 is 1.72 bits per heavy atom. The first kappa shape index (κ1) is 27.7.